The van der Waals surface area contributed by atoms with Crippen molar-refractivity contribution < 1.29 is 4.39 Å². The Kier molecular flexibility index (Phi) is 4.52. The van der Waals surface area contributed by atoms with Crippen molar-refractivity contribution in [3.63, 3.8) is 0 Å². The zero-order valence-electron chi connectivity index (χ0n) is 12.0. The third kappa shape index (κ3) is 2.96. The van der Waals surface area contributed by atoms with E-state index in [1.807, 2.05) is 0 Å². The van der Waals surface area contributed by atoms with Crippen LogP contribution in [0.15, 0.2) is 16.6 Å². The van der Waals surface area contributed by atoms with Gasteiger partial charge < -0.3 is 9.47 Å². The van der Waals surface area contributed by atoms with Crippen molar-refractivity contribution >= 4 is 38.6 Å². The Balaban J connectivity index is 1.95. The zero-order chi connectivity index (χ0) is 15.0. The fraction of sp³-hybridized carbons (Fsp3) is 0.533. The van der Waals surface area contributed by atoms with Gasteiger partial charge in [0.05, 0.1) is 21.4 Å². The van der Waals surface area contributed by atoms with Crippen LogP contribution in [0.25, 0.3) is 11.0 Å². The molecule has 1 aliphatic rings. The van der Waals surface area contributed by atoms with Crippen LogP contribution in [0, 0.1) is 11.7 Å². The Hall–Kier alpha value is -0.650. The maximum atomic E-state index is 13.7. The molecule has 0 aliphatic carbocycles. The van der Waals surface area contributed by atoms with Crippen molar-refractivity contribution in [1.29, 1.82) is 0 Å². The minimum atomic E-state index is -0.286. The Labute approximate surface area is 137 Å². The van der Waals surface area contributed by atoms with Gasteiger partial charge >= 0.3 is 0 Å². The molecule has 0 amide bonds. The predicted molar refractivity (Wildman–Crippen MR) is 87.2 cm³/mol. The molecule has 21 heavy (non-hydrogen) atoms. The fourth-order valence-electron chi connectivity index (χ4n) is 3.08. The third-order valence-electron chi connectivity index (χ3n) is 4.25. The van der Waals surface area contributed by atoms with Gasteiger partial charge in [0.15, 0.2) is 0 Å². The highest BCUT2D eigenvalue weighted by Gasteiger charge is 2.23. The maximum absolute atomic E-state index is 13.7. The molecule has 1 aromatic carbocycles. The molecular weight excluding hydrogens is 357 g/mol. The molecule has 2 aromatic rings. The second-order valence-electron chi connectivity index (χ2n) is 5.58. The molecule has 1 unspecified atom stereocenters. The monoisotopic (exact) mass is 373 g/mol. The number of halogens is 3. The van der Waals surface area contributed by atoms with E-state index in [4.69, 9.17) is 11.6 Å². The van der Waals surface area contributed by atoms with Crippen molar-refractivity contribution in [2.45, 2.75) is 25.8 Å². The molecule has 3 nitrogen and oxygen atoms in total. The number of rotatable bonds is 4. The summed E-state index contributed by atoms with van der Waals surface area (Å²) in [6.45, 7) is 6.45. The number of alkyl halides is 1. The van der Waals surface area contributed by atoms with E-state index < -0.39 is 0 Å². The summed E-state index contributed by atoms with van der Waals surface area (Å²) < 4.78 is 16.3. The quantitative estimate of drug-likeness (QED) is 0.754. The number of benzene rings is 1. The molecule has 2 heterocycles. The summed E-state index contributed by atoms with van der Waals surface area (Å²) in [7, 11) is 0. The van der Waals surface area contributed by atoms with Gasteiger partial charge in [-0.25, -0.2) is 9.37 Å². The van der Waals surface area contributed by atoms with Crippen molar-refractivity contribution in [2.75, 3.05) is 19.6 Å². The molecule has 114 valence electrons. The van der Waals surface area contributed by atoms with Crippen LogP contribution in [-0.2, 0) is 12.4 Å². The Bertz CT molecular complexity index is 658. The average Bonchev–Trinajstić information content (AvgIpc) is 3.05. The van der Waals surface area contributed by atoms with E-state index in [-0.39, 0.29) is 5.82 Å². The summed E-state index contributed by atoms with van der Waals surface area (Å²) in [6.07, 6.45) is 1.19. The second-order valence-corrected chi connectivity index (χ2v) is 6.70. The molecule has 1 aliphatic heterocycles. The lowest BCUT2D eigenvalue weighted by Gasteiger charge is -2.15. The topological polar surface area (TPSA) is 21.1 Å². The molecule has 1 saturated heterocycles. The molecule has 0 spiro atoms. The van der Waals surface area contributed by atoms with Gasteiger partial charge in [-0.15, -0.1) is 11.6 Å². The zero-order valence-corrected chi connectivity index (χ0v) is 14.3. The first-order valence-corrected chi connectivity index (χ1v) is 8.57. The van der Waals surface area contributed by atoms with Crippen molar-refractivity contribution in [2.24, 2.45) is 5.92 Å². The van der Waals surface area contributed by atoms with Gasteiger partial charge in [0, 0.05) is 19.2 Å². The highest BCUT2D eigenvalue weighted by molar-refractivity contribution is 9.10. The SMILES string of the molecule is CCN1CCC(Cn2c(CCl)nc3cc(F)c(Br)cc32)C1. The molecule has 0 saturated carbocycles. The number of fused-ring (bicyclic) bond motifs is 1. The Morgan fingerprint density at radius 3 is 2.95 bits per heavy atom. The van der Waals surface area contributed by atoms with Crippen LogP contribution in [0.3, 0.4) is 0 Å². The maximum Gasteiger partial charge on any atom is 0.139 e. The van der Waals surface area contributed by atoms with Gasteiger partial charge in [-0.3, -0.25) is 0 Å². The minimum absolute atomic E-state index is 0.286. The van der Waals surface area contributed by atoms with Crippen LogP contribution < -0.4 is 0 Å². The Morgan fingerprint density at radius 2 is 2.29 bits per heavy atom. The van der Waals surface area contributed by atoms with Gasteiger partial charge in [-0.1, -0.05) is 6.92 Å². The van der Waals surface area contributed by atoms with E-state index in [9.17, 15) is 4.39 Å². The summed E-state index contributed by atoms with van der Waals surface area (Å²) in [6, 6.07) is 3.28. The minimum Gasteiger partial charge on any atom is -0.327 e. The van der Waals surface area contributed by atoms with E-state index in [1.165, 1.54) is 12.5 Å². The number of imidazole rings is 1. The standard InChI is InChI=1S/C15H18BrClFN3/c1-2-20-4-3-10(8-20)9-21-14-5-11(16)12(18)6-13(14)19-15(21)7-17/h5-6,10H,2-4,7-9H2,1H3. The first-order valence-electron chi connectivity index (χ1n) is 7.24. The third-order valence-corrected chi connectivity index (χ3v) is 5.09. The summed E-state index contributed by atoms with van der Waals surface area (Å²) >= 11 is 9.28. The van der Waals surface area contributed by atoms with Crippen LogP contribution >= 0.6 is 27.5 Å². The lowest BCUT2D eigenvalue weighted by molar-refractivity contribution is 0.333. The normalized spacial score (nSPS) is 19.7. The highest BCUT2D eigenvalue weighted by Crippen LogP contribution is 2.27. The molecule has 0 radical (unpaired) electrons. The van der Waals surface area contributed by atoms with E-state index >= 15 is 0 Å². The molecule has 0 N–H and O–H groups in total. The average molecular weight is 375 g/mol. The van der Waals surface area contributed by atoms with E-state index in [0.29, 0.717) is 21.8 Å². The fourth-order valence-corrected chi connectivity index (χ4v) is 3.62. The first-order chi connectivity index (χ1) is 10.1. The van der Waals surface area contributed by atoms with Crippen LogP contribution in [0.4, 0.5) is 4.39 Å². The molecule has 1 aromatic heterocycles. The summed E-state index contributed by atoms with van der Waals surface area (Å²) in [5, 5.41) is 0. The number of likely N-dealkylation sites (tertiary alicyclic amines) is 1. The summed E-state index contributed by atoms with van der Waals surface area (Å²) in [5.41, 5.74) is 1.63. The lowest BCUT2D eigenvalue weighted by Crippen LogP contribution is -2.21. The van der Waals surface area contributed by atoms with Gasteiger partial charge in [-0.05, 0) is 47.4 Å². The second kappa shape index (κ2) is 6.23. The van der Waals surface area contributed by atoms with Crippen LogP contribution in [0.1, 0.15) is 19.2 Å². The number of nitrogens with zero attached hydrogens (tertiary/aromatic N) is 3. The number of hydrogen-bond acceptors (Lipinski definition) is 2. The van der Waals surface area contributed by atoms with Crippen molar-refractivity contribution in [3.05, 3.63) is 28.2 Å². The smallest absolute Gasteiger partial charge is 0.139 e. The Morgan fingerprint density at radius 1 is 1.48 bits per heavy atom. The van der Waals surface area contributed by atoms with Crippen LogP contribution in [-0.4, -0.2) is 34.1 Å². The van der Waals surface area contributed by atoms with E-state index in [0.717, 1.165) is 37.5 Å². The molecular formula is C15H18BrClFN3. The van der Waals surface area contributed by atoms with Crippen molar-refractivity contribution in [1.82, 2.24) is 14.5 Å². The van der Waals surface area contributed by atoms with Crippen LogP contribution in [0.2, 0.25) is 0 Å². The van der Waals surface area contributed by atoms with Crippen LogP contribution in [0.5, 0.6) is 0 Å². The number of aromatic nitrogens is 2. The predicted octanol–water partition coefficient (Wildman–Crippen LogP) is 4.02. The first kappa shape index (κ1) is 15.3. The molecule has 3 rings (SSSR count). The molecule has 1 fully saturated rings. The van der Waals surface area contributed by atoms with Crippen molar-refractivity contribution in [3.8, 4) is 0 Å². The van der Waals surface area contributed by atoms with Gasteiger partial charge in [0.1, 0.15) is 11.6 Å². The lowest BCUT2D eigenvalue weighted by atomic mass is 10.1. The van der Waals surface area contributed by atoms with Gasteiger partial charge in [0.25, 0.3) is 0 Å². The van der Waals surface area contributed by atoms with E-state index in [2.05, 4.69) is 37.3 Å². The van der Waals surface area contributed by atoms with Gasteiger partial charge in [-0.2, -0.15) is 0 Å². The highest BCUT2D eigenvalue weighted by atomic mass is 79.9. The molecule has 1 atom stereocenters. The van der Waals surface area contributed by atoms with Gasteiger partial charge in [0.2, 0.25) is 0 Å². The summed E-state index contributed by atoms with van der Waals surface area (Å²) in [4.78, 5) is 6.93. The molecule has 6 heteroatoms. The van der Waals surface area contributed by atoms with E-state index in [1.54, 1.807) is 6.07 Å². The summed E-state index contributed by atoms with van der Waals surface area (Å²) in [5.74, 6) is 1.48. The number of hydrogen-bond donors (Lipinski definition) is 0. The largest absolute Gasteiger partial charge is 0.327 e. The molecule has 0 bridgehead atoms.